The van der Waals surface area contributed by atoms with Gasteiger partial charge in [0.25, 0.3) is 0 Å². The lowest BCUT2D eigenvalue weighted by molar-refractivity contribution is 0.194. The van der Waals surface area contributed by atoms with Crippen LogP contribution in [0.25, 0.3) is 0 Å². The summed E-state index contributed by atoms with van der Waals surface area (Å²) in [7, 11) is 1.75. The maximum atomic E-state index is 5.05. The number of hydrogen-bond acceptors (Lipinski definition) is 3. The van der Waals surface area contributed by atoms with Gasteiger partial charge in [-0.2, -0.15) is 0 Å². The first kappa shape index (κ1) is 16.0. The zero-order valence-electron chi connectivity index (χ0n) is 12.8. The highest BCUT2D eigenvalue weighted by atomic mass is 16.5. The van der Waals surface area contributed by atoms with E-state index in [0.717, 1.165) is 32.7 Å². The summed E-state index contributed by atoms with van der Waals surface area (Å²) < 4.78 is 5.05. The molecule has 0 aliphatic rings. The summed E-state index contributed by atoms with van der Waals surface area (Å²) in [4.78, 5) is 2.44. The Hall–Kier alpha value is -1.06. The van der Waals surface area contributed by atoms with Gasteiger partial charge in [-0.15, -0.1) is 0 Å². The normalized spacial score (nSPS) is 12.4. The van der Waals surface area contributed by atoms with E-state index in [1.165, 1.54) is 11.3 Å². The minimum Gasteiger partial charge on any atom is -0.385 e. The number of hydrogen-bond donors (Lipinski definition) is 1. The number of anilines is 1. The molecule has 3 heteroatoms. The van der Waals surface area contributed by atoms with Crippen molar-refractivity contribution in [1.29, 1.82) is 0 Å². The van der Waals surface area contributed by atoms with Crippen LogP contribution < -0.4 is 10.2 Å². The smallest absolute Gasteiger partial charge is 0.0474 e. The molecule has 0 amide bonds. The van der Waals surface area contributed by atoms with Gasteiger partial charge in [0.05, 0.1) is 0 Å². The monoisotopic (exact) mass is 264 g/mol. The zero-order valence-corrected chi connectivity index (χ0v) is 12.8. The van der Waals surface area contributed by atoms with E-state index in [1.54, 1.807) is 7.11 Å². The van der Waals surface area contributed by atoms with Gasteiger partial charge in [0.2, 0.25) is 0 Å². The number of methoxy groups -OCH3 is 1. The van der Waals surface area contributed by atoms with Crippen LogP contribution in [0.5, 0.6) is 0 Å². The van der Waals surface area contributed by atoms with Gasteiger partial charge in [-0.3, -0.25) is 0 Å². The summed E-state index contributed by atoms with van der Waals surface area (Å²) in [5, 5.41) is 3.50. The van der Waals surface area contributed by atoms with Gasteiger partial charge in [0.15, 0.2) is 0 Å². The lowest BCUT2D eigenvalue weighted by Gasteiger charge is -2.30. The number of benzene rings is 1. The van der Waals surface area contributed by atoms with Crippen molar-refractivity contribution in [2.24, 2.45) is 0 Å². The van der Waals surface area contributed by atoms with E-state index in [0.29, 0.717) is 6.04 Å². The Morgan fingerprint density at radius 1 is 1.37 bits per heavy atom. The van der Waals surface area contributed by atoms with E-state index in [2.05, 4.69) is 55.3 Å². The van der Waals surface area contributed by atoms with E-state index >= 15 is 0 Å². The SMILES string of the molecule is CCN(c1cccc(C)c1)C(C)CNCCCOC. The van der Waals surface area contributed by atoms with Crippen molar-refractivity contribution in [3.8, 4) is 0 Å². The molecule has 108 valence electrons. The third-order valence-corrected chi connectivity index (χ3v) is 3.35. The number of ether oxygens (including phenoxy) is 1. The first-order valence-electron chi connectivity index (χ1n) is 7.22. The molecule has 19 heavy (non-hydrogen) atoms. The van der Waals surface area contributed by atoms with Crippen LogP contribution in [-0.4, -0.2) is 39.4 Å². The number of nitrogens with one attached hydrogen (secondary N) is 1. The van der Waals surface area contributed by atoms with Crippen LogP contribution in [0.4, 0.5) is 5.69 Å². The largest absolute Gasteiger partial charge is 0.385 e. The average molecular weight is 264 g/mol. The molecule has 0 saturated carbocycles. The lowest BCUT2D eigenvalue weighted by atomic mass is 10.1. The summed E-state index contributed by atoms with van der Waals surface area (Å²) in [5.41, 5.74) is 2.63. The van der Waals surface area contributed by atoms with Gasteiger partial charge >= 0.3 is 0 Å². The van der Waals surface area contributed by atoms with Crippen LogP contribution in [0.3, 0.4) is 0 Å². The molecule has 0 saturated heterocycles. The molecule has 1 atom stereocenters. The molecule has 0 aliphatic carbocycles. The number of nitrogens with zero attached hydrogens (tertiary/aromatic N) is 1. The molecular formula is C16H28N2O. The molecule has 1 aromatic carbocycles. The highest BCUT2D eigenvalue weighted by Crippen LogP contribution is 2.17. The van der Waals surface area contributed by atoms with E-state index < -0.39 is 0 Å². The van der Waals surface area contributed by atoms with Crippen molar-refractivity contribution in [2.45, 2.75) is 33.2 Å². The molecule has 0 aromatic heterocycles. The number of aryl methyl sites for hydroxylation is 1. The van der Waals surface area contributed by atoms with Gasteiger partial charge in [0, 0.05) is 38.5 Å². The van der Waals surface area contributed by atoms with E-state index in [1.807, 2.05) is 0 Å². The van der Waals surface area contributed by atoms with Gasteiger partial charge in [-0.05, 0) is 51.4 Å². The topological polar surface area (TPSA) is 24.5 Å². The Bertz CT molecular complexity index is 354. The standard InChI is InChI=1S/C16H28N2O/c1-5-18(16-9-6-8-14(2)12-16)15(3)13-17-10-7-11-19-4/h6,8-9,12,15,17H,5,7,10-11,13H2,1-4H3. The first-order valence-corrected chi connectivity index (χ1v) is 7.22. The first-order chi connectivity index (χ1) is 9.19. The predicted molar refractivity (Wildman–Crippen MR) is 83.0 cm³/mol. The van der Waals surface area contributed by atoms with Crippen LogP contribution in [0.1, 0.15) is 25.8 Å². The van der Waals surface area contributed by atoms with E-state index in [4.69, 9.17) is 4.74 Å². The molecule has 1 unspecified atom stereocenters. The second-order valence-electron chi connectivity index (χ2n) is 5.02. The van der Waals surface area contributed by atoms with Crippen molar-refractivity contribution in [1.82, 2.24) is 5.32 Å². The molecule has 1 rings (SSSR count). The van der Waals surface area contributed by atoms with Crippen molar-refractivity contribution in [3.63, 3.8) is 0 Å². The van der Waals surface area contributed by atoms with Gasteiger partial charge in [-0.25, -0.2) is 0 Å². The summed E-state index contributed by atoms with van der Waals surface area (Å²) in [6.45, 7) is 10.5. The summed E-state index contributed by atoms with van der Waals surface area (Å²) >= 11 is 0. The number of likely N-dealkylation sites (N-methyl/N-ethyl adjacent to an activating group) is 1. The van der Waals surface area contributed by atoms with Crippen LogP contribution in [0, 0.1) is 6.92 Å². The third-order valence-electron chi connectivity index (χ3n) is 3.35. The fourth-order valence-electron chi connectivity index (χ4n) is 2.32. The second-order valence-corrected chi connectivity index (χ2v) is 5.02. The summed E-state index contributed by atoms with van der Waals surface area (Å²) in [6.07, 6.45) is 1.07. The Morgan fingerprint density at radius 3 is 2.79 bits per heavy atom. The molecular weight excluding hydrogens is 236 g/mol. The molecule has 0 spiro atoms. The maximum Gasteiger partial charge on any atom is 0.0474 e. The van der Waals surface area contributed by atoms with Crippen LogP contribution in [-0.2, 0) is 4.74 Å². The molecule has 0 radical (unpaired) electrons. The van der Waals surface area contributed by atoms with E-state index in [-0.39, 0.29) is 0 Å². The van der Waals surface area contributed by atoms with Gasteiger partial charge < -0.3 is 15.0 Å². The van der Waals surface area contributed by atoms with Crippen molar-refractivity contribution >= 4 is 5.69 Å². The van der Waals surface area contributed by atoms with Crippen LogP contribution >= 0.6 is 0 Å². The molecule has 1 aromatic rings. The Labute approximate surface area is 118 Å². The summed E-state index contributed by atoms with van der Waals surface area (Å²) in [6, 6.07) is 9.22. The Kier molecular flexibility index (Phi) is 7.53. The minimum atomic E-state index is 0.495. The van der Waals surface area contributed by atoms with E-state index in [9.17, 15) is 0 Å². The number of rotatable bonds is 9. The lowest BCUT2D eigenvalue weighted by Crippen LogP contribution is -2.40. The van der Waals surface area contributed by atoms with Gasteiger partial charge in [0.1, 0.15) is 0 Å². The highest BCUT2D eigenvalue weighted by Gasteiger charge is 2.12. The molecule has 3 nitrogen and oxygen atoms in total. The molecule has 0 aliphatic heterocycles. The minimum absolute atomic E-state index is 0.495. The zero-order chi connectivity index (χ0) is 14.1. The van der Waals surface area contributed by atoms with Gasteiger partial charge in [-0.1, -0.05) is 12.1 Å². The second kappa shape index (κ2) is 8.94. The average Bonchev–Trinajstić information content (AvgIpc) is 2.39. The molecule has 0 bridgehead atoms. The molecule has 0 heterocycles. The fraction of sp³-hybridized carbons (Fsp3) is 0.625. The predicted octanol–water partition coefficient (Wildman–Crippen LogP) is 2.84. The fourth-order valence-corrected chi connectivity index (χ4v) is 2.32. The Balaban J connectivity index is 2.45. The van der Waals surface area contributed by atoms with Crippen molar-refractivity contribution in [3.05, 3.63) is 29.8 Å². The van der Waals surface area contributed by atoms with Crippen LogP contribution in [0.15, 0.2) is 24.3 Å². The van der Waals surface area contributed by atoms with Crippen molar-refractivity contribution < 1.29 is 4.74 Å². The highest BCUT2D eigenvalue weighted by molar-refractivity contribution is 5.49. The maximum absolute atomic E-state index is 5.05. The third kappa shape index (κ3) is 5.62. The molecule has 1 N–H and O–H groups in total. The van der Waals surface area contributed by atoms with Crippen molar-refractivity contribution in [2.75, 3.05) is 38.3 Å². The van der Waals surface area contributed by atoms with Crippen LogP contribution in [0.2, 0.25) is 0 Å². The Morgan fingerprint density at radius 2 is 2.16 bits per heavy atom. The molecule has 0 fully saturated rings. The summed E-state index contributed by atoms with van der Waals surface area (Å²) in [5.74, 6) is 0. The quantitative estimate of drug-likeness (QED) is 0.694.